The molecule has 0 aliphatic carbocycles. The Morgan fingerprint density at radius 3 is 2.36 bits per heavy atom. The van der Waals surface area contributed by atoms with E-state index in [9.17, 15) is 40.3 Å². The van der Waals surface area contributed by atoms with Gasteiger partial charge in [0.1, 0.15) is 35.4 Å². The predicted octanol–water partition coefficient (Wildman–Crippen LogP) is 5.34. The lowest BCUT2D eigenvalue weighted by Gasteiger charge is -2.28. The highest BCUT2D eigenvalue weighted by molar-refractivity contribution is 9.10. The third-order valence-electron chi connectivity index (χ3n) is 6.24. The van der Waals surface area contributed by atoms with Gasteiger partial charge in [-0.2, -0.15) is 5.10 Å². The van der Waals surface area contributed by atoms with Crippen LogP contribution in [-0.2, 0) is 17.8 Å². The number of carbonyl (C=O) groups excluding carboxylic acids is 2. The maximum atomic E-state index is 14.2. The van der Waals surface area contributed by atoms with Crippen molar-refractivity contribution in [1.82, 2.24) is 20.4 Å². The van der Waals surface area contributed by atoms with Crippen molar-refractivity contribution in [3.05, 3.63) is 104 Å². The standard InChI is InChI=1S/C27H21BrF7N5O2/c28-21-23(25(32)33)39-40(24(21)26(34)35)11-20(41)38-19(8-12-6-14(29)10-15(30)7-12)22-16(2-1-5-37-22)13-3-4-18(31)17(9-13)27(36)42/h1-4,6-7,9-10,19,25-26,37H,5,8,11H2,(H2,36,42)(H,38,41)/t19-/m0/s1. The van der Waals surface area contributed by atoms with Gasteiger partial charge in [0.05, 0.1) is 16.1 Å². The van der Waals surface area contributed by atoms with Gasteiger partial charge in [0.15, 0.2) is 0 Å². The zero-order chi connectivity index (χ0) is 30.7. The molecule has 0 saturated heterocycles. The van der Waals surface area contributed by atoms with Gasteiger partial charge >= 0.3 is 0 Å². The summed E-state index contributed by atoms with van der Waals surface area (Å²) in [4.78, 5) is 24.9. The number of halogens is 8. The number of rotatable bonds is 10. The zero-order valence-electron chi connectivity index (χ0n) is 21.3. The Balaban J connectivity index is 1.76. The van der Waals surface area contributed by atoms with Crippen LogP contribution in [0.2, 0.25) is 0 Å². The molecule has 4 N–H and O–H groups in total. The van der Waals surface area contributed by atoms with Crippen molar-refractivity contribution in [3.63, 3.8) is 0 Å². The van der Waals surface area contributed by atoms with Gasteiger partial charge in [-0.25, -0.2) is 30.7 Å². The predicted molar refractivity (Wildman–Crippen MR) is 141 cm³/mol. The molecule has 3 aromatic rings. The van der Waals surface area contributed by atoms with Crippen molar-refractivity contribution in [2.45, 2.75) is 31.9 Å². The third kappa shape index (κ3) is 6.83. The van der Waals surface area contributed by atoms with Crippen LogP contribution in [-0.4, -0.2) is 34.2 Å². The molecule has 1 atom stereocenters. The normalized spacial score (nSPS) is 14.0. The first-order valence-corrected chi connectivity index (χ1v) is 13.0. The molecule has 2 aromatic carbocycles. The van der Waals surface area contributed by atoms with E-state index in [0.29, 0.717) is 21.9 Å². The van der Waals surface area contributed by atoms with Gasteiger partial charge < -0.3 is 16.4 Å². The zero-order valence-corrected chi connectivity index (χ0v) is 22.9. The molecule has 1 aliphatic heterocycles. The summed E-state index contributed by atoms with van der Waals surface area (Å²) in [6.45, 7) is -0.675. The lowest BCUT2D eigenvalue weighted by atomic mass is 9.92. The first kappa shape index (κ1) is 30.8. The quantitative estimate of drug-likeness (QED) is 0.256. The lowest BCUT2D eigenvalue weighted by Crippen LogP contribution is -2.44. The molecular formula is C27H21BrF7N5O2. The molecule has 7 nitrogen and oxygen atoms in total. The smallest absolute Gasteiger partial charge is 0.283 e. The number of primary amides is 1. The number of hydrogen-bond donors (Lipinski definition) is 3. The van der Waals surface area contributed by atoms with E-state index in [2.05, 4.69) is 31.7 Å². The van der Waals surface area contributed by atoms with Crippen molar-refractivity contribution in [3.8, 4) is 0 Å². The van der Waals surface area contributed by atoms with Crippen LogP contribution in [0.25, 0.3) is 5.57 Å². The number of allylic oxidation sites excluding steroid dienone is 2. The number of amides is 2. The van der Waals surface area contributed by atoms with Crippen LogP contribution in [0.1, 0.15) is 45.7 Å². The molecule has 1 aromatic heterocycles. The summed E-state index contributed by atoms with van der Waals surface area (Å²) in [7, 11) is 0. The number of dihydropyridines is 1. The van der Waals surface area contributed by atoms with E-state index < -0.39 is 76.1 Å². The van der Waals surface area contributed by atoms with E-state index in [0.717, 1.165) is 18.2 Å². The van der Waals surface area contributed by atoms with Crippen LogP contribution in [0.15, 0.2) is 58.7 Å². The summed E-state index contributed by atoms with van der Waals surface area (Å²) in [5, 5.41) is 9.08. The molecule has 0 unspecified atom stereocenters. The molecule has 0 saturated carbocycles. The minimum atomic E-state index is -3.25. The van der Waals surface area contributed by atoms with E-state index in [4.69, 9.17) is 5.73 Å². The van der Waals surface area contributed by atoms with Crippen molar-refractivity contribution in [2.75, 3.05) is 6.54 Å². The van der Waals surface area contributed by atoms with Gasteiger partial charge in [0, 0.05) is 23.9 Å². The molecular weight excluding hydrogens is 639 g/mol. The van der Waals surface area contributed by atoms with Gasteiger partial charge in [0.25, 0.3) is 18.8 Å². The van der Waals surface area contributed by atoms with E-state index >= 15 is 0 Å². The summed E-state index contributed by atoms with van der Waals surface area (Å²) in [5.41, 5.74) is 3.96. The van der Waals surface area contributed by atoms with Gasteiger partial charge in [-0.3, -0.25) is 14.3 Å². The minimum Gasteiger partial charge on any atom is -0.383 e. The fourth-order valence-corrected chi connectivity index (χ4v) is 5.11. The van der Waals surface area contributed by atoms with Crippen molar-refractivity contribution < 1.29 is 40.3 Å². The number of benzene rings is 2. The number of nitrogens with one attached hydrogen (secondary N) is 2. The van der Waals surface area contributed by atoms with Crippen molar-refractivity contribution in [1.29, 1.82) is 0 Å². The highest BCUT2D eigenvalue weighted by atomic mass is 79.9. The van der Waals surface area contributed by atoms with Crippen LogP contribution >= 0.6 is 15.9 Å². The summed E-state index contributed by atoms with van der Waals surface area (Å²) in [6.07, 6.45) is -3.41. The Labute approximate surface area is 242 Å². The molecule has 0 spiro atoms. The largest absolute Gasteiger partial charge is 0.383 e. The van der Waals surface area contributed by atoms with Crippen LogP contribution in [0.5, 0.6) is 0 Å². The number of hydrogen-bond acceptors (Lipinski definition) is 4. The summed E-state index contributed by atoms with van der Waals surface area (Å²) >= 11 is 2.69. The Morgan fingerprint density at radius 1 is 1.05 bits per heavy atom. The number of carbonyl (C=O) groups is 2. The Bertz CT molecular complexity index is 1570. The lowest BCUT2D eigenvalue weighted by molar-refractivity contribution is -0.122. The molecule has 2 heterocycles. The van der Waals surface area contributed by atoms with Crippen molar-refractivity contribution >= 4 is 33.3 Å². The molecule has 0 bridgehead atoms. The van der Waals surface area contributed by atoms with E-state index in [1.165, 1.54) is 12.1 Å². The first-order chi connectivity index (χ1) is 19.8. The van der Waals surface area contributed by atoms with Crippen LogP contribution in [0.4, 0.5) is 30.7 Å². The maximum absolute atomic E-state index is 14.2. The highest BCUT2D eigenvalue weighted by Gasteiger charge is 2.30. The monoisotopic (exact) mass is 659 g/mol. The van der Waals surface area contributed by atoms with E-state index in [-0.39, 0.29) is 24.2 Å². The summed E-state index contributed by atoms with van der Waals surface area (Å²) in [5.74, 6) is -4.65. The molecule has 0 radical (unpaired) electrons. The van der Waals surface area contributed by atoms with Gasteiger partial charge in [-0.15, -0.1) is 0 Å². The van der Waals surface area contributed by atoms with Gasteiger partial charge in [0.2, 0.25) is 5.91 Å². The molecule has 42 heavy (non-hydrogen) atoms. The van der Waals surface area contributed by atoms with Gasteiger partial charge in [-0.1, -0.05) is 18.2 Å². The molecule has 222 valence electrons. The van der Waals surface area contributed by atoms with Crippen LogP contribution in [0, 0.1) is 17.5 Å². The van der Waals surface area contributed by atoms with Crippen LogP contribution in [0.3, 0.4) is 0 Å². The van der Waals surface area contributed by atoms with E-state index in [1.807, 2.05) is 0 Å². The van der Waals surface area contributed by atoms with Crippen LogP contribution < -0.4 is 16.4 Å². The van der Waals surface area contributed by atoms with Gasteiger partial charge in [-0.05, 0) is 57.7 Å². The molecule has 0 fully saturated rings. The average molecular weight is 660 g/mol. The highest BCUT2D eigenvalue weighted by Crippen LogP contribution is 2.35. The summed E-state index contributed by atoms with van der Waals surface area (Å²) in [6, 6.07) is 5.14. The Morgan fingerprint density at radius 2 is 1.74 bits per heavy atom. The second-order valence-corrected chi connectivity index (χ2v) is 9.91. The SMILES string of the molecule is NC(=O)c1cc(C2=C([C@H](Cc3cc(F)cc(F)c3)NC(=O)Cn3nc(C(F)F)c(Br)c3C(F)F)NCC=C2)ccc1F. The fourth-order valence-electron chi connectivity index (χ4n) is 4.48. The number of aromatic nitrogens is 2. The molecule has 2 amide bonds. The molecule has 1 aliphatic rings. The molecule has 4 rings (SSSR count). The fraction of sp³-hybridized carbons (Fsp3) is 0.222. The topological polar surface area (TPSA) is 102 Å². The average Bonchev–Trinajstić information content (AvgIpc) is 3.23. The third-order valence-corrected chi connectivity index (χ3v) is 7.05. The number of nitrogens with zero attached hydrogens (tertiary/aromatic N) is 2. The number of nitrogens with two attached hydrogens (primary N) is 1. The van der Waals surface area contributed by atoms with Crippen molar-refractivity contribution in [2.24, 2.45) is 5.73 Å². The number of alkyl halides is 4. The van der Waals surface area contributed by atoms with E-state index in [1.54, 1.807) is 12.2 Å². The second-order valence-electron chi connectivity index (χ2n) is 9.11. The minimum absolute atomic E-state index is 0.105. The first-order valence-electron chi connectivity index (χ1n) is 12.2. The summed E-state index contributed by atoms with van der Waals surface area (Å²) < 4.78 is 95.9. The Kier molecular flexibility index (Phi) is 9.39. The second kappa shape index (κ2) is 12.8. The Hall–Kier alpha value is -4.14. The molecule has 15 heteroatoms. The maximum Gasteiger partial charge on any atom is 0.283 e.